The molecule has 166 valence electrons. The minimum Gasteiger partial charge on any atom is -0.378 e. The minimum atomic E-state index is 0.688. The zero-order valence-electron chi connectivity index (χ0n) is 18.4. The summed E-state index contributed by atoms with van der Waals surface area (Å²) in [7, 11) is 0. The number of aryl methyl sites for hydroxylation is 1. The molecule has 0 atom stereocenters. The maximum absolute atomic E-state index is 5.46. The molecule has 0 spiro atoms. The Labute approximate surface area is 188 Å². The van der Waals surface area contributed by atoms with E-state index in [-0.39, 0.29) is 0 Å². The van der Waals surface area contributed by atoms with Crippen molar-refractivity contribution in [2.45, 2.75) is 13.3 Å². The lowest BCUT2D eigenvalue weighted by Gasteiger charge is -2.36. The average Bonchev–Trinajstić information content (AvgIpc) is 2.89. The van der Waals surface area contributed by atoms with Crippen LogP contribution in [0.25, 0.3) is 11.5 Å². The highest BCUT2D eigenvalue weighted by molar-refractivity contribution is 5.55. The van der Waals surface area contributed by atoms with E-state index in [1.807, 2.05) is 18.2 Å². The molecule has 0 saturated carbocycles. The summed E-state index contributed by atoms with van der Waals surface area (Å²) in [5.74, 6) is 3.61. The van der Waals surface area contributed by atoms with Gasteiger partial charge in [-0.1, -0.05) is 13.0 Å². The first-order valence-corrected chi connectivity index (χ1v) is 11.2. The van der Waals surface area contributed by atoms with Crippen LogP contribution < -0.4 is 14.7 Å². The van der Waals surface area contributed by atoms with E-state index in [9.17, 15) is 0 Å². The standard InChI is InChI=1S/C23H28N8O/c1-2-18-15-22(28-23(27-18)19-5-3-4-6-24-19)30-9-7-29(8-10-30)20-16-21(26-17-25-20)31-11-13-32-14-12-31/h3-6,15-17H,2,7-14H2,1H3. The zero-order chi connectivity index (χ0) is 21.8. The number of pyridine rings is 1. The minimum absolute atomic E-state index is 0.688. The highest BCUT2D eigenvalue weighted by atomic mass is 16.5. The zero-order valence-corrected chi connectivity index (χ0v) is 18.4. The number of aromatic nitrogens is 5. The molecule has 9 heteroatoms. The molecule has 5 rings (SSSR count). The van der Waals surface area contributed by atoms with Crippen molar-refractivity contribution in [3.8, 4) is 11.5 Å². The van der Waals surface area contributed by atoms with E-state index in [0.717, 1.165) is 87.7 Å². The largest absolute Gasteiger partial charge is 0.378 e. The third-order valence-electron chi connectivity index (χ3n) is 5.92. The van der Waals surface area contributed by atoms with E-state index in [1.54, 1.807) is 12.5 Å². The SMILES string of the molecule is CCc1cc(N2CCN(c3cc(N4CCOCC4)ncn3)CC2)nc(-c2ccccn2)n1. The highest BCUT2D eigenvalue weighted by Gasteiger charge is 2.22. The molecular weight excluding hydrogens is 404 g/mol. The lowest BCUT2D eigenvalue weighted by molar-refractivity contribution is 0.122. The Kier molecular flexibility index (Phi) is 6.06. The van der Waals surface area contributed by atoms with Crippen LogP contribution in [0.3, 0.4) is 0 Å². The Morgan fingerprint density at radius 2 is 1.47 bits per heavy atom. The Bertz CT molecular complexity index is 1030. The van der Waals surface area contributed by atoms with Gasteiger partial charge in [0.05, 0.1) is 13.2 Å². The van der Waals surface area contributed by atoms with Gasteiger partial charge in [-0.05, 0) is 18.6 Å². The molecule has 9 nitrogen and oxygen atoms in total. The van der Waals surface area contributed by atoms with Gasteiger partial charge in [0.15, 0.2) is 5.82 Å². The molecule has 2 saturated heterocycles. The van der Waals surface area contributed by atoms with Crippen LogP contribution in [0.15, 0.2) is 42.9 Å². The van der Waals surface area contributed by atoms with E-state index >= 15 is 0 Å². The molecule has 0 radical (unpaired) electrons. The van der Waals surface area contributed by atoms with Gasteiger partial charge in [0.2, 0.25) is 0 Å². The predicted octanol–water partition coefficient (Wildman–Crippen LogP) is 2.05. The highest BCUT2D eigenvalue weighted by Crippen LogP contribution is 2.23. The number of nitrogens with zero attached hydrogens (tertiary/aromatic N) is 8. The summed E-state index contributed by atoms with van der Waals surface area (Å²) in [4.78, 5) is 29.9. The van der Waals surface area contributed by atoms with Crippen LogP contribution in [-0.4, -0.2) is 77.4 Å². The molecular formula is C23H28N8O. The van der Waals surface area contributed by atoms with Gasteiger partial charge in [0.25, 0.3) is 0 Å². The third kappa shape index (κ3) is 4.47. The maximum Gasteiger partial charge on any atom is 0.180 e. The van der Waals surface area contributed by atoms with Crippen LogP contribution in [0.1, 0.15) is 12.6 Å². The second-order valence-electron chi connectivity index (χ2n) is 7.92. The number of morpholine rings is 1. The van der Waals surface area contributed by atoms with Crippen molar-refractivity contribution in [2.24, 2.45) is 0 Å². The van der Waals surface area contributed by atoms with E-state index in [1.165, 1.54) is 0 Å². The van der Waals surface area contributed by atoms with Crippen LogP contribution in [0.4, 0.5) is 17.5 Å². The van der Waals surface area contributed by atoms with Gasteiger partial charge >= 0.3 is 0 Å². The van der Waals surface area contributed by atoms with Crippen molar-refractivity contribution in [3.63, 3.8) is 0 Å². The van der Waals surface area contributed by atoms with Crippen LogP contribution in [0, 0.1) is 0 Å². The van der Waals surface area contributed by atoms with Crippen LogP contribution in [0.5, 0.6) is 0 Å². The van der Waals surface area contributed by atoms with Crippen molar-refractivity contribution in [2.75, 3.05) is 67.2 Å². The summed E-state index contributed by atoms with van der Waals surface area (Å²) < 4.78 is 5.46. The molecule has 0 aromatic carbocycles. The molecule has 0 aliphatic carbocycles. The van der Waals surface area contributed by atoms with Crippen molar-refractivity contribution < 1.29 is 4.74 Å². The van der Waals surface area contributed by atoms with Crippen LogP contribution >= 0.6 is 0 Å². The number of hydrogen-bond acceptors (Lipinski definition) is 9. The second kappa shape index (κ2) is 9.44. The molecule has 32 heavy (non-hydrogen) atoms. The first kappa shape index (κ1) is 20.6. The van der Waals surface area contributed by atoms with E-state index in [4.69, 9.17) is 14.7 Å². The van der Waals surface area contributed by atoms with Crippen molar-refractivity contribution in [1.82, 2.24) is 24.9 Å². The average molecular weight is 433 g/mol. The van der Waals surface area contributed by atoms with Crippen LogP contribution in [0.2, 0.25) is 0 Å². The summed E-state index contributed by atoms with van der Waals surface area (Å²) in [6, 6.07) is 10.0. The molecule has 0 amide bonds. The Hall–Kier alpha value is -3.33. The fraction of sp³-hybridized carbons (Fsp3) is 0.435. The monoisotopic (exact) mass is 432 g/mol. The fourth-order valence-electron chi connectivity index (χ4n) is 4.08. The quantitative estimate of drug-likeness (QED) is 0.601. The molecule has 2 aliphatic rings. The number of hydrogen-bond donors (Lipinski definition) is 0. The van der Waals surface area contributed by atoms with Gasteiger partial charge in [-0.15, -0.1) is 0 Å². The summed E-state index contributed by atoms with van der Waals surface area (Å²) in [5.41, 5.74) is 1.84. The predicted molar refractivity (Wildman–Crippen MR) is 124 cm³/mol. The van der Waals surface area contributed by atoms with Gasteiger partial charge in [-0.2, -0.15) is 0 Å². The number of ether oxygens (including phenoxy) is 1. The van der Waals surface area contributed by atoms with Gasteiger partial charge in [0.1, 0.15) is 29.5 Å². The Balaban J connectivity index is 1.30. The molecule has 3 aromatic rings. The van der Waals surface area contributed by atoms with Gasteiger partial charge < -0.3 is 19.4 Å². The number of piperazine rings is 1. The maximum atomic E-state index is 5.46. The van der Waals surface area contributed by atoms with Crippen LogP contribution in [-0.2, 0) is 11.2 Å². The summed E-state index contributed by atoms with van der Waals surface area (Å²) in [5, 5.41) is 0. The number of anilines is 3. The summed E-state index contributed by atoms with van der Waals surface area (Å²) in [6.45, 7) is 8.86. The Morgan fingerprint density at radius 1 is 0.781 bits per heavy atom. The second-order valence-corrected chi connectivity index (χ2v) is 7.92. The lowest BCUT2D eigenvalue weighted by atomic mass is 10.2. The molecule has 2 fully saturated rings. The van der Waals surface area contributed by atoms with E-state index in [2.05, 4.69) is 48.7 Å². The van der Waals surface area contributed by atoms with Crippen molar-refractivity contribution >= 4 is 17.5 Å². The first-order chi connectivity index (χ1) is 15.8. The molecule has 0 bridgehead atoms. The van der Waals surface area contributed by atoms with Gasteiger partial charge in [0, 0.05) is 63.3 Å². The van der Waals surface area contributed by atoms with Crippen molar-refractivity contribution in [1.29, 1.82) is 0 Å². The molecule has 2 aliphatic heterocycles. The lowest BCUT2D eigenvalue weighted by Crippen LogP contribution is -2.47. The van der Waals surface area contributed by atoms with Gasteiger partial charge in [-0.3, -0.25) is 4.98 Å². The molecule has 0 unspecified atom stereocenters. The summed E-state index contributed by atoms with van der Waals surface area (Å²) >= 11 is 0. The fourth-order valence-corrected chi connectivity index (χ4v) is 4.08. The summed E-state index contributed by atoms with van der Waals surface area (Å²) in [6.07, 6.45) is 4.31. The topological polar surface area (TPSA) is 83.4 Å². The van der Waals surface area contributed by atoms with Crippen molar-refractivity contribution in [3.05, 3.63) is 48.5 Å². The smallest absolute Gasteiger partial charge is 0.180 e. The molecule has 5 heterocycles. The normalized spacial score (nSPS) is 17.0. The molecule has 0 N–H and O–H groups in total. The van der Waals surface area contributed by atoms with E-state index in [0.29, 0.717) is 5.82 Å². The third-order valence-corrected chi connectivity index (χ3v) is 5.92. The molecule has 3 aromatic heterocycles. The van der Waals surface area contributed by atoms with Gasteiger partial charge in [-0.25, -0.2) is 19.9 Å². The van der Waals surface area contributed by atoms with E-state index < -0.39 is 0 Å². The number of rotatable bonds is 5. The Morgan fingerprint density at radius 3 is 2.12 bits per heavy atom. The first-order valence-electron chi connectivity index (χ1n) is 11.2.